The first-order valence-corrected chi connectivity index (χ1v) is 8.32. The minimum atomic E-state index is -3.22. The number of hydrogen-bond donors (Lipinski definition) is 1. The van der Waals surface area contributed by atoms with Crippen LogP contribution in [0.25, 0.3) is 11.5 Å². The van der Waals surface area contributed by atoms with E-state index in [0.717, 1.165) is 12.0 Å². The van der Waals surface area contributed by atoms with E-state index in [1.54, 1.807) is 24.5 Å². The van der Waals surface area contributed by atoms with Crippen molar-refractivity contribution in [2.75, 3.05) is 11.6 Å². The number of nitrogens with zero attached hydrogens (tertiary/aromatic N) is 2. The molecule has 0 aliphatic rings. The summed E-state index contributed by atoms with van der Waals surface area (Å²) in [6, 6.07) is 10.1. The lowest BCUT2D eigenvalue weighted by Gasteiger charge is -1.99. The Bertz CT molecular complexity index is 852. The van der Waals surface area contributed by atoms with E-state index >= 15 is 0 Å². The van der Waals surface area contributed by atoms with E-state index in [9.17, 15) is 8.42 Å². The first-order valence-electron chi connectivity index (χ1n) is 6.42. The number of aromatic nitrogens is 2. The molecule has 8 heteroatoms. The molecule has 2 heterocycles. The largest absolute Gasteiger partial charge is 0.467 e. The Balaban J connectivity index is 1.73. The van der Waals surface area contributed by atoms with Crippen LogP contribution in [0, 0.1) is 0 Å². The minimum absolute atomic E-state index is 0.243. The molecule has 0 saturated carbocycles. The second kappa shape index (κ2) is 5.64. The van der Waals surface area contributed by atoms with Crippen LogP contribution in [0.5, 0.6) is 0 Å². The van der Waals surface area contributed by atoms with Gasteiger partial charge in [-0.1, -0.05) is 5.10 Å². The number of furan rings is 1. The summed E-state index contributed by atoms with van der Waals surface area (Å²) in [4.78, 5) is 0.243. The zero-order chi connectivity index (χ0) is 15.6. The van der Waals surface area contributed by atoms with Gasteiger partial charge in [-0.05, 0) is 36.4 Å². The highest BCUT2D eigenvalue weighted by atomic mass is 32.2. The second-order valence-electron chi connectivity index (χ2n) is 4.64. The Morgan fingerprint density at radius 2 is 1.91 bits per heavy atom. The summed E-state index contributed by atoms with van der Waals surface area (Å²) in [6.07, 6.45) is 2.74. The number of benzene rings is 1. The van der Waals surface area contributed by atoms with Crippen molar-refractivity contribution in [1.29, 1.82) is 0 Å². The van der Waals surface area contributed by atoms with Crippen molar-refractivity contribution < 1.29 is 17.3 Å². The SMILES string of the molecule is CS(=O)(=O)c1ccc(-c2nnc(NCc3ccco3)o2)cc1. The summed E-state index contributed by atoms with van der Waals surface area (Å²) in [6.45, 7) is 0.432. The standard InChI is InChI=1S/C14H13N3O4S/c1-22(18,19)12-6-4-10(5-7-12)13-16-17-14(21-13)15-9-11-3-2-8-20-11/h2-8H,9H2,1H3,(H,15,17). The lowest BCUT2D eigenvalue weighted by Crippen LogP contribution is -1.97. The van der Waals surface area contributed by atoms with Gasteiger partial charge in [0.2, 0.25) is 5.89 Å². The van der Waals surface area contributed by atoms with Gasteiger partial charge in [-0.25, -0.2) is 8.42 Å². The van der Waals surface area contributed by atoms with Crippen molar-refractivity contribution in [3.05, 3.63) is 48.4 Å². The van der Waals surface area contributed by atoms with Crippen LogP contribution in [0.2, 0.25) is 0 Å². The molecule has 0 amide bonds. The molecule has 0 aliphatic heterocycles. The fourth-order valence-corrected chi connectivity index (χ4v) is 2.46. The zero-order valence-corrected chi connectivity index (χ0v) is 12.5. The summed E-state index contributed by atoms with van der Waals surface area (Å²) in [5, 5.41) is 10.7. The van der Waals surface area contributed by atoms with Crippen molar-refractivity contribution >= 4 is 15.9 Å². The molecule has 114 valence electrons. The highest BCUT2D eigenvalue weighted by molar-refractivity contribution is 7.90. The lowest BCUT2D eigenvalue weighted by atomic mass is 10.2. The topological polar surface area (TPSA) is 98.2 Å². The monoisotopic (exact) mass is 319 g/mol. The third-order valence-corrected chi connectivity index (χ3v) is 4.08. The molecule has 0 fully saturated rings. The van der Waals surface area contributed by atoms with Crippen LogP contribution in [0.15, 0.2) is 56.4 Å². The number of hydrogen-bond acceptors (Lipinski definition) is 7. The maximum absolute atomic E-state index is 11.4. The molecule has 0 saturated heterocycles. The Labute approximate surface area is 126 Å². The summed E-state index contributed by atoms with van der Waals surface area (Å²) in [7, 11) is -3.22. The quantitative estimate of drug-likeness (QED) is 0.770. The van der Waals surface area contributed by atoms with Crippen molar-refractivity contribution in [1.82, 2.24) is 10.2 Å². The Hall–Kier alpha value is -2.61. The normalized spacial score (nSPS) is 11.5. The van der Waals surface area contributed by atoms with E-state index in [2.05, 4.69) is 15.5 Å². The summed E-state index contributed by atoms with van der Waals surface area (Å²) in [5.41, 5.74) is 0.644. The molecular formula is C14H13N3O4S. The number of anilines is 1. The van der Waals surface area contributed by atoms with Crippen molar-refractivity contribution in [2.24, 2.45) is 0 Å². The molecule has 0 spiro atoms. The summed E-state index contributed by atoms with van der Waals surface area (Å²) < 4.78 is 33.5. The highest BCUT2D eigenvalue weighted by Gasteiger charge is 2.11. The molecule has 1 aromatic carbocycles. The van der Waals surface area contributed by atoms with Crippen molar-refractivity contribution in [2.45, 2.75) is 11.4 Å². The molecule has 0 atom stereocenters. The zero-order valence-electron chi connectivity index (χ0n) is 11.7. The van der Waals surface area contributed by atoms with E-state index in [4.69, 9.17) is 8.83 Å². The molecule has 0 aliphatic carbocycles. The van der Waals surface area contributed by atoms with Gasteiger partial charge in [0.05, 0.1) is 17.7 Å². The van der Waals surface area contributed by atoms with E-state index in [0.29, 0.717) is 18.0 Å². The first-order chi connectivity index (χ1) is 10.5. The van der Waals surface area contributed by atoms with Crippen LogP contribution in [0.3, 0.4) is 0 Å². The van der Waals surface area contributed by atoms with Gasteiger partial charge >= 0.3 is 6.01 Å². The predicted molar refractivity (Wildman–Crippen MR) is 78.9 cm³/mol. The van der Waals surface area contributed by atoms with Gasteiger partial charge in [-0.15, -0.1) is 5.10 Å². The fraction of sp³-hybridized carbons (Fsp3) is 0.143. The number of rotatable bonds is 5. The van der Waals surface area contributed by atoms with Gasteiger partial charge in [0.25, 0.3) is 0 Å². The average Bonchev–Trinajstić information content (AvgIpc) is 3.16. The van der Waals surface area contributed by atoms with Gasteiger partial charge in [0.15, 0.2) is 9.84 Å². The third kappa shape index (κ3) is 3.17. The number of sulfone groups is 1. The summed E-state index contributed by atoms with van der Waals surface area (Å²) in [5.74, 6) is 1.05. The molecule has 1 N–H and O–H groups in total. The van der Waals surface area contributed by atoms with Crippen LogP contribution in [-0.4, -0.2) is 24.9 Å². The molecular weight excluding hydrogens is 306 g/mol. The summed E-state index contributed by atoms with van der Waals surface area (Å²) >= 11 is 0. The fourth-order valence-electron chi connectivity index (χ4n) is 1.83. The maximum atomic E-state index is 11.4. The first kappa shape index (κ1) is 14.3. The molecule has 3 aromatic rings. The van der Waals surface area contributed by atoms with E-state index in [1.165, 1.54) is 12.1 Å². The Morgan fingerprint density at radius 1 is 1.14 bits per heavy atom. The third-order valence-electron chi connectivity index (χ3n) is 2.95. The second-order valence-corrected chi connectivity index (χ2v) is 6.66. The molecule has 0 unspecified atom stereocenters. The average molecular weight is 319 g/mol. The molecule has 2 aromatic heterocycles. The smallest absolute Gasteiger partial charge is 0.316 e. The van der Waals surface area contributed by atoms with E-state index in [-0.39, 0.29) is 10.9 Å². The predicted octanol–water partition coefficient (Wildman–Crippen LogP) is 2.35. The van der Waals surface area contributed by atoms with Crippen LogP contribution in [0.1, 0.15) is 5.76 Å². The lowest BCUT2D eigenvalue weighted by molar-refractivity contribution is 0.511. The minimum Gasteiger partial charge on any atom is -0.467 e. The maximum Gasteiger partial charge on any atom is 0.316 e. The molecule has 0 radical (unpaired) electrons. The molecule has 0 bridgehead atoms. The van der Waals surface area contributed by atoms with E-state index < -0.39 is 9.84 Å². The van der Waals surface area contributed by atoms with Gasteiger partial charge in [0.1, 0.15) is 5.76 Å². The molecule has 3 rings (SSSR count). The number of nitrogens with one attached hydrogen (secondary N) is 1. The molecule has 22 heavy (non-hydrogen) atoms. The highest BCUT2D eigenvalue weighted by Crippen LogP contribution is 2.22. The van der Waals surface area contributed by atoms with E-state index in [1.807, 2.05) is 6.07 Å². The van der Waals surface area contributed by atoms with Gasteiger partial charge in [-0.3, -0.25) is 0 Å². The Kier molecular flexibility index (Phi) is 3.68. The molecule has 7 nitrogen and oxygen atoms in total. The Morgan fingerprint density at radius 3 is 2.55 bits per heavy atom. The van der Waals surface area contributed by atoms with Crippen LogP contribution < -0.4 is 5.32 Å². The van der Waals surface area contributed by atoms with Gasteiger partial charge < -0.3 is 14.2 Å². The van der Waals surface area contributed by atoms with Gasteiger partial charge in [-0.2, -0.15) is 0 Å². The van der Waals surface area contributed by atoms with Crippen LogP contribution in [-0.2, 0) is 16.4 Å². The van der Waals surface area contributed by atoms with Crippen molar-refractivity contribution in [3.8, 4) is 11.5 Å². The van der Waals surface area contributed by atoms with Crippen LogP contribution in [0.4, 0.5) is 6.01 Å². The van der Waals surface area contributed by atoms with Crippen molar-refractivity contribution in [3.63, 3.8) is 0 Å². The van der Waals surface area contributed by atoms with Crippen LogP contribution >= 0.6 is 0 Å². The van der Waals surface area contributed by atoms with Gasteiger partial charge in [0, 0.05) is 11.8 Å².